The molecule has 0 spiro atoms. The van der Waals surface area contributed by atoms with Crippen molar-refractivity contribution < 1.29 is 9.47 Å². The monoisotopic (exact) mass is 482 g/mol. The molecule has 1 aromatic heterocycles. The Labute approximate surface area is 210 Å². The molecule has 0 radical (unpaired) electrons. The molecule has 0 fully saturated rings. The molecule has 0 aliphatic carbocycles. The Morgan fingerprint density at radius 2 is 1.43 bits per heavy atom. The van der Waals surface area contributed by atoms with Gasteiger partial charge in [0.1, 0.15) is 11.6 Å². The minimum absolute atomic E-state index is 0.418. The van der Waals surface area contributed by atoms with Gasteiger partial charge in [-0.15, -0.1) is 0 Å². The second-order valence-electron chi connectivity index (χ2n) is 7.77. The van der Waals surface area contributed by atoms with Crippen LogP contribution in [0.5, 0.6) is 11.5 Å². The zero-order valence-electron chi connectivity index (χ0n) is 19.9. The van der Waals surface area contributed by atoms with E-state index in [1.165, 1.54) is 11.8 Å². The summed E-state index contributed by atoms with van der Waals surface area (Å²) >= 11 is 1.44. The number of hydrogen-bond acceptors (Lipinski definition) is 7. The highest BCUT2D eigenvalue weighted by atomic mass is 32.2. The van der Waals surface area contributed by atoms with Gasteiger partial charge in [0.2, 0.25) is 0 Å². The first kappa shape index (κ1) is 24.1. The highest BCUT2D eigenvalue weighted by Crippen LogP contribution is 2.36. The van der Waals surface area contributed by atoms with Crippen molar-refractivity contribution in [1.82, 2.24) is 9.97 Å². The van der Waals surface area contributed by atoms with Crippen LogP contribution in [0.2, 0.25) is 0 Å². The number of thioether (sulfide) groups is 1. The topological polar surface area (TPSA) is 71.3 Å². The van der Waals surface area contributed by atoms with Crippen molar-refractivity contribution in [3.8, 4) is 28.8 Å². The van der Waals surface area contributed by atoms with E-state index in [0.717, 1.165) is 16.7 Å². The fraction of sp³-hybridized carbons (Fsp3) is 0.179. The number of rotatable bonds is 9. The number of hydrogen-bond donors (Lipinski definition) is 0. The predicted molar refractivity (Wildman–Crippen MR) is 140 cm³/mol. The molecule has 6 nitrogen and oxygen atoms in total. The fourth-order valence-electron chi connectivity index (χ4n) is 3.86. The molecule has 3 aromatic carbocycles. The molecule has 4 aromatic rings. The summed E-state index contributed by atoms with van der Waals surface area (Å²) in [6.07, 6.45) is 1.93. The Kier molecular flexibility index (Phi) is 7.86. The van der Waals surface area contributed by atoms with E-state index in [9.17, 15) is 5.26 Å². The zero-order chi connectivity index (χ0) is 24.6. The molecular formula is C28H26N4O2S. The van der Waals surface area contributed by atoms with Crippen LogP contribution < -0.4 is 14.4 Å². The van der Waals surface area contributed by atoms with Gasteiger partial charge in [0.15, 0.2) is 22.5 Å². The summed E-state index contributed by atoms with van der Waals surface area (Å²) in [7, 11) is 3.19. The third kappa shape index (κ3) is 5.56. The van der Waals surface area contributed by atoms with Gasteiger partial charge in [0, 0.05) is 18.7 Å². The molecule has 0 atom stereocenters. The first-order chi connectivity index (χ1) is 17.2. The van der Waals surface area contributed by atoms with Gasteiger partial charge in [0.25, 0.3) is 0 Å². The Bertz CT molecular complexity index is 1280. The SMILES string of the molecule is COc1ccc(-c2nc(SC)nc(N(Cc3ccccc3)Cc3ccccc3)c2C#N)cc1OC. The van der Waals surface area contributed by atoms with Crippen LogP contribution in [0.3, 0.4) is 0 Å². The van der Waals surface area contributed by atoms with Crippen LogP contribution in [0, 0.1) is 11.3 Å². The number of ether oxygens (including phenoxy) is 2. The summed E-state index contributed by atoms with van der Waals surface area (Å²) in [5.74, 6) is 1.79. The van der Waals surface area contributed by atoms with Crippen LogP contribution in [-0.4, -0.2) is 30.4 Å². The van der Waals surface area contributed by atoms with E-state index in [1.54, 1.807) is 14.2 Å². The van der Waals surface area contributed by atoms with Crippen LogP contribution in [0.1, 0.15) is 16.7 Å². The van der Waals surface area contributed by atoms with Crippen molar-refractivity contribution in [3.05, 3.63) is 95.6 Å². The van der Waals surface area contributed by atoms with Gasteiger partial charge in [-0.1, -0.05) is 72.4 Å². The molecule has 0 aliphatic rings. The van der Waals surface area contributed by atoms with Gasteiger partial charge in [-0.05, 0) is 35.6 Å². The molecule has 0 N–H and O–H groups in total. The van der Waals surface area contributed by atoms with E-state index in [4.69, 9.17) is 19.4 Å². The smallest absolute Gasteiger partial charge is 0.189 e. The predicted octanol–water partition coefficient (Wildman–Crippen LogP) is 5.96. The summed E-state index contributed by atoms with van der Waals surface area (Å²) < 4.78 is 10.9. The van der Waals surface area contributed by atoms with Gasteiger partial charge in [-0.3, -0.25) is 0 Å². The minimum atomic E-state index is 0.418. The summed E-state index contributed by atoms with van der Waals surface area (Å²) in [6.45, 7) is 1.20. The second-order valence-corrected chi connectivity index (χ2v) is 8.54. The molecule has 176 valence electrons. The van der Waals surface area contributed by atoms with Crippen LogP contribution in [0.25, 0.3) is 11.3 Å². The van der Waals surface area contributed by atoms with E-state index >= 15 is 0 Å². The molecular weight excluding hydrogens is 456 g/mol. The van der Waals surface area contributed by atoms with Crippen LogP contribution >= 0.6 is 11.8 Å². The van der Waals surface area contributed by atoms with Crippen LogP contribution in [0.15, 0.2) is 84.0 Å². The lowest BCUT2D eigenvalue weighted by molar-refractivity contribution is 0.355. The van der Waals surface area contributed by atoms with Crippen molar-refractivity contribution >= 4 is 17.6 Å². The number of nitriles is 1. The van der Waals surface area contributed by atoms with E-state index in [2.05, 4.69) is 35.2 Å². The lowest BCUT2D eigenvalue weighted by atomic mass is 10.1. The number of nitrogens with zero attached hydrogens (tertiary/aromatic N) is 4. The number of benzene rings is 3. The lowest BCUT2D eigenvalue weighted by Crippen LogP contribution is -2.25. The Morgan fingerprint density at radius 1 is 0.829 bits per heavy atom. The molecule has 0 amide bonds. The average molecular weight is 483 g/mol. The first-order valence-electron chi connectivity index (χ1n) is 11.1. The minimum Gasteiger partial charge on any atom is -0.493 e. The van der Waals surface area contributed by atoms with E-state index in [-0.39, 0.29) is 0 Å². The Hall–Kier alpha value is -4.02. The maximum Gasteiger partial charge on any atom is 0.189 e. The Morgan fingerprint density at radius 3 is 1.94 bits per heavy atom. The number of methoxy groups -OCH3 is 2. The largest absolute Gasteiger partial charge is 0.493 e. The summed E-state index contributed by atoms with van der Waals surface area (Å²) in [5.41, 5.74) is 4.00. The number of anilines is 1. The maximum atomic E-state index is 10.3. The van der Waals surface area contributed by atoms with Crippen molar-refractivity contribution in [3.63, 3.8) is 0 Å². The van der Waals surface area contributed by atoms with Crippen LogP contribution in [-0.2, 0) is 13.1 Å². The second kappa shape index (κ2) is 11.4. The zero-order valence-corrected chi connectivity index (χ0v) is 20.7. The van der Waals surface area contributed by atoms with Gasteiger partial charge < -0.3 is 14.4 Å². The van der Waals surface area contributed by atoms with Crippen molar-refractivity contribution in [1.29, 1.82) is 5.26 Å². The first-order valence-corrected chi connectivity index (χ1v) is 12.3. The van der Waals surface area contributed by atoms with Gasteiger partial charge in [-0.25, -0.2) is 9.97 Å². The molecule has 0 bridgehead atoms. The quantitative estimate of drug-likeness (QED) is 0.215. The molecule has 0 unspecified atom stereocenters. The standard InChI is InChI=1S/C28H26N4O2S/c1-33-24-15-14-22(16-25(24)34-2)26-23(17-29)27(31-28(30-26)35-3)32(18-20-10-6-4-7-11-20)19-21-12-8-5-9-13-21/h4-16H,18-19H2,1-3H3. The molecule has 4 rings (SSSR count). The maximum absolute atomic E-state index is 10.3. The van der Waals surface area contributed by atoms with Gasteiger partial charge >= 0.3 is 0 Å². The average Bonchev–Trinajstić information content (AvgIpc) is 2.92. The highest BCUT2D eigenvalue weighted by Gasteiger charge is 2.22. The lowest BCUT2D eigenvalue weighted by Gasteiger charge is -2.26. The number of aromatic nitrogens is 2. The normalized spacial score (nSPS) is 10.5. The molecule has 0 saturated heterocycles. The molecule has 1 heterocycles. The van der Waals surface area contributed by atoms with Crippen molar-refractivity contribution in [2.45, 2.75) is 18.2 Å². The van der Waals surface area contributed by atoms with Crippen LogP contribution in [0.4, 0.5) is 5.82 Å². The van der Waals surface area contributed by atoms with Crippen molar-refractivity contribution in [2.24, 2.45) is 0 Å². The van der Waals surface area contributed by atoms with Gasteiger partial charge in [-0.2, -0.15) is 5.26 Å². The van der Waals surface area contributed by atoms with E-state index in [1.807, 2.05) is 60.9 Å². The summed E-state index contributed by atoms with van der Waals surface area (Å²) in [4.78, 5) is 11.7. The van der Waals surface area contributed by atoms with Gasteiger partial charge in [0.05, 0.1) is 19.9 Å². The third-order valence-electron chi connectivity index (χ3n) is 5.55. The van der Waals surface area contributed by atoms with E-state index in [0.29, 0.717) is 46.8 Å². The summed E-state index contributed by atoms with van der Waals surface area (Å²) in [6, 6.07) is 28.3. The van der Waals surface area contributed by atoms with E-state index < -0.39 is 0 Å². The molecule has 7 heteroatoms. The summed E-state index contributed by atoms with van der Waals surface area (Å²) in [5, 5.41) is 10.9. The third-order valence-corrected chi connectivity index (χ3v) is 6.10. The Balaban J connectivity index is 1.87. The van der Waals surface area contributed by atoms with Crippen molar-refractivity contribution in [2.75, 3.05) is 25.4 Å². The highest BCUT2D eigenvalue weighted by molar-refractivity contribution is 7.98. The molecule has 0 saturated carbocycles. The molecule has 35 heavy (non-hydrogen) atoms. The molecule has 0 aliphatic heterocycles. The fourth-order valence-corrected chi connectivity index (χ4v) is 4.22.